The van der Waals surface area contributed by atoms with Crippen LogP contribution in [0.4, 0.5) is 11.4 Å². The average molecular weight is 433 g/mol. The first-order valence-corrected chi connectivity index (χ1v) is 9.76. The SMILES string of the molecule is CCOc1ccc(C(=O)Nc2cc(-c3nc4ccccc4o3)ccc2OC)cc1[N+](=O)[O-]. The Hall–Kier alpha value is -4.40. The quantitative estimate of drug-likeness (QED) is 0.320. The van der Waals surface area contributed by atoms with E-state index in [1.165, 1.54) is 25.3 Å². The summed E-state index contributed by atoms with van der Waals surface area (Å²) in [7, 11) is 1.48. The van der Waals surface area contributed by atoms with E-state index in [1.54, 1.807) is 25.1 Å². The number of aromatic nitrogens is 1. The third kappa shape index (κ3) is 4.08. The van der Waals surface area contributed by atoms with Gasteiger partial charge in [0.2, 0.25) is 5.89 Å². The van der Waals surface area contributed by atoms with Gasteiger partial charge in [-0.3, -0.25) is 14.9 Å². The maximum Gasteiger partial charge on any atom is 0.311 e. The molecule has 0 atom stereocenters. The van der Waals surface area contributed by atoms with Crippen LogP contribution in [0.2, 0.25) is 0 Å². The molecule has 162 valence electrons. The zero-order valence-corrected chi connectivity index (χ0v) is 17.3. The molecule has 3 aromatic carbocycles. The van der Waals surface area contributed by atoms with Crippen molar-refractivity contribution in [3.8, 4) is 23.0 Å². The van der Waals surface area contributed by atoms with Gasteiger partial charge in [-0.2, -0.15) is 0 Å². The van der Waals surface area contributed by atoms with Crippen LogP contribution in [0.3, 0.4) is 0 Å². The molecule has 9 nitrogen and oxygen atoms in total. The molecule has 0 aliphatic heterocycles. The lowest BCUT2D eigenvalue weighted by molar-refractivity contribution is -0.385. The van der Waals surface area contributed by atoms with Gasteiger partial charge in [0.15, 0.2) is 11.3 Å². The second-order valence-electron chi connectivity index (χ2n) is 6.73. The van der Waals surface area contributed by atoms with E-state index in [2.05, 4.69) is 10.3 Å². The van der Waals surface area contributed by atoms with Gasteiger partial charge >= 0.3 is 5.69 Å². The smallest absolute Gasteiger partial charge is 0.311 e. The molecule has 0 bridgehead atoms. The lowest BCUT2D eigenvalue weighted by Crippen LogP contribution is -2.13. The maximum atomic E-state index is 12.8. The largest absolute Gasteiger partial charge is 0.495 e. The zero-order chi connectivity index (χ0) is 22.7. The number of nitro groups is 1. The Morgan fingerprint density at radius 1 is 1.12 bits per heavy atom. The van der Waals surface area contributed by atoms with Crippen LogP contribution in [-0.4, -0.2) is 29.5 Å². The summed E-state index contributed by atoms with van der Waals surface area (Å²) in [6.45, 7) is 1.99. The molecule has 32 heavy (non-hydrogen) atoms. The molecule has 1 aromatic heterocycles. The lowest BCUT2D eigenvalue weighted by atomic mass is 10.1. The van der Waals surface area contributed by atoms with Gasteiger partial charge in [-0.25, -0.2) is 4.98 Å². The van der Waals surface area contributed by atoms with E-state index in [4.69, 9.17) is 13.9 Å². The minimum absolute atomic E-state index is 0.101. The molecule has 4 aromatic rings. The Kier molecular flexibility index (Phi) is 5.71. The van der Waals surface area contributed by atoms with Crippen LogP contribution in [0.15, 0.2) is 65.1 Å². The summed E-state index contributed by atoms with van der Waals surface area (Å²) in [4.78, 5) is 28.1. The number of rotatable bonds is 7. The second kappa shape index (κ2) is 8.76. The van der Waals surface area contributed by atoms with E-state index in [-0.39, 0.29) is 23.6 Å². The summed E-state index contributed by atoms with van der Waals surface area (Å²) in [6, 6.07) is 16.5. The minimum atomic E-state index is -0.587. The number of anilines is 1. The first kappa shape index (κ1) is 20.9. The average Bonchev–Trinajstić information content (AvgIpc) is 3.23. The maximum absolute atomic E-state index is 12.8. The first-order valence-electron chi connectivity index (χ1n) is 9.76. The van der Waals surface area contributed by atoms with Crippen molar-refractivity contribution in [1.82, 2.24) is 4.98 Å². The van der Waals surface area contributed by atoms with Crippen molar-refractivity contribution in [2.45, 2.75) is 6.92 Å². The Balaban J connectivity index is 1.66. The number of nitrogens with zero attached hydrogens (tertiary/aromatic N) is 2. The molecule has 0 spiro atoms. The van der Waals surface area contributed by atoms with Gasteiger partial charge in [-0.1, -0.05) is 12.1 Å². The van der Waals surface area contributed by atoms with Gasteiger partial charge in [-0.05, 0) is 49.4 Å². The van der Waals surface area contributed by atoms with Crippen LogP contribution in [0.5, 0.6) is 11.5 Å². The standard InChI is InChI=1S/C23H19N3O6/c1-3-31-21-11-8-14(13-18(21)26(28)29)22(27)24-17-12-15(9-10-19(17)30-2)23-25-16-6-4-5-7-20(16)32-23/h4-13H,3H2,1-2H3,(H,24,27). The summed E-state index contributed by atoms with van der Waals surface area (Å²) < 4.78 is 16.4. The molecule has 0 aliphatic carbocycles. The summed E-state index contributed by atoms with van der Waals surface area (Å²) in [5.74, 6) is 0.369. The number of hydrogen-bond acceptors (Lipinski definition) is 7. The minimum Gasteiger partial charge on any atom is -0.495 e. The normalized spacial score (nSPS) is 10.7. The van der Waals surface area contributed by atoms with Crippen molar-refractivity contribution in [1.29, 1.82) is 0 Å². The van der Waals surface area contributed by atoms with Gasteiger partial charge in [-0.15, -0.1) is 0 Å². The highest BCUT2D eigenvalue weighted by molar-refractivity contribution is 6.06. The van der Waals surface area contributed by atoms with Gasteiger partial charge in [0, 0.05) is 17.2 Å². The number of ether oxygens (including phenoxy) is 2. The third-order valence-electron chi connectivity index (χ3n) is 4.71. The molecule has 0 saturated heterocycles. The number of methoxy groups -OCH3 is 1. The number of amides is 1. The number of nitrogens with one attached hydrogen (secondary N) is 1. The van der Waals surface area contributed by atoms with E-state index in [0.29, 0.717) is 34.0 Å². The van der Waals surface area contributed by atoms with Crippen molar-refractivity contribution in [3.05, 3.63) is 76.3 Å². The Morgan fingerprint density at radius 3 is 2.62 bits per heavy atom. The van der Waals surface area contributed by atoms with E-state index >= 15 is 0 Å². The number of hydrogen-bond donors (Lipinski definition) is 1. The summed E-state index contributed by atoms with van der Waals surface area (Å²) in [5, 5.41) is 14.1. The van der Waals surface area contributed by atoms with Crippen LogP contribution in [0, 0.1) is 10.1 Å². The van der Waals surface area contributed by atoms with Crippen molar-refractivity contribution < 1.29 is 23.6 Å². The predicted molar refractivity (Wildman–Crippen MR) is 118 cm³/mol. The number of oxazole rings is 1. The fraction of sp³-hybridized carbons (Fsp3) is 0.130. The van der Waals surface area contributed by atoms with Gasteiger partial charge in [0.1, 0.15) is 11.3 Å². The summed E-state index contributed by atoms with van der Waals surface area (Å²) >= 11 is 0. The molecule has 0 unspecified atom stereocenters. The molecule has 4 rings (SSSR count). The number of carbonyl (C=O) groups excluding carboxylic acids is 1. The van der Waals surface area contributed by atoms with Crippen LogP contribution in [0.1, 0.15) is 17.3 Å². The van der Waals surface area contributed by atoms with Crippen molar-refractivity contribution in [2.24, 2.45) is 0 Å². The molecule has 0 radical (unpaired) electrons. The van der Waals surface area contributed by atoms with Gasteiger partial charge < -0.3 is 19.2 Å². The highest BCUT2D eigenvalue weighted by Gasteiger charge is 2.20. The number of carbonyl (C=O) groups is 1. The molecule has 0 aliphatic rings. The Bertz CT molecular complexity index is 1280. The Labute approximate surface area is 182 Å². The fourth-order valence-corrected chi connectivity index (χ4v) is 3.21. The summed E-state index contributed by atoms with van der Waals surface area (Å²) in [6.07, 6.45) is 0. The molecular formula is C23H19N3O6. The molecule has 0 fully saturated rings. The number of nitro benzene ring substituents is 1. The summed E-state index contributed by atoms with van der Waals surface area (Å²) in [5.41, 5.74) is 2.18. The number of para-hydroxylation sites is 2. The highest BCUT2D eigenvalue weighted by atomic mass is 16.6. The van der Waals surface area contributed by atoms with E-state index in [0.717, 1.165) is 0 Å². The van der Waals surface area contributed by atoms with Crippen LogP contribution in [0.25, 0.3) is 22.6 Å². The highest BCUT2D eigenvalue weighted by Crippen LogP contribution is 2.33. The zero-order valence-electron chi connectivity index (χ0n) is 17.3. The van der Waals surface area contributed by atoms with E-state index < -0.39 is 10.8 Å². The number of benzene rings is 3. The topological polar surface area (TPSA) is 117 Å². The van der Waals surface area contributed by atoms with Crippen molar-refractivity contribution in [2.75, 3.05) is 19.0 Å². The first-order chi connectivity index (χ1) is 15.5. The molecule has 1 amide bonds. The van der Waals surface area contributed by atoms with Crippen LogP contribution >= 0.6 is 0 Å². The lowest BCUT2D eigenvalue weighted by Gasteiger charge is -2.12. The molecule has 1 N–H and O–H groups in total. The predicted octanol–water partition coefficient (Wildman–Crippen LogP) is 5.06. The van der Waals surface area contributed by atoms with E-state index in [1.807, 2.05) is 24.3 Å². The van der Waals surface area contributed by atoms with Gasteiger partial charge in [0.05, 0.1) is 24.3 Å². The van der Waals surface area contributed by atoms with Crippen molar-refractivity contribution in [3.63, 3.8) is 0 Å². The van der Waals surface area contributed by atoms with E-state index in [9.17, 15) is 14.9 Å². The number of fused-ring (bicyclic) bond motifs is 1. The Morgan fingerprint density at radius 2 is 1.91 bits per heavy atom. The second-order valence-corrected chi connectivity index (χ2v) is 6.73. The molecular weight excluding hydrogens is 414 g/mol. The van der Waals surface area contributed by atoms with Crippen LogP contribution in [-0.2, 0) is 0 Å². The molecule has 9 heteroatoms. The third-order valence-corrected chi connectivity index (χ3v) is 4.71. The molecule has 1 heterocycles. The van der Waals surface area contributed by atoms with Gasteiger partial charge in [0.25, 0.3) is 5.91 Å². The fourth-order valence-electron chi connectivity index (χ4n) is 3.21. The van der Waals surface area contributed by atoms with Crippen molar-refractivity contribution >= 4 is 28.4 Å². The monoisotopic (exact) mass is 433 g/mol. The van der Waals surface area contributed by atoms with Crippen LogP contribution < -0.4 is 14.8 Å². The molecule has 0 saturated carbocycles.